The van der Waals surface area contributed by atoms with Crippen LogP contribution in [0.25, 0.3) is 6.08 Å². The van der Waals surface area contributed by atoms with Crippen LogP contribution in [0.4, 0.5) is 0 Å². The van der Waals surface area contributed by atoms with Crippen molar-refractivity contribution in [3.8, 4) is 0 Å². The third-order valence-electron chi connectivity index (χ3n) is 3.33. The molecule has 102 valence electrons. The van der Waals surface area contributed by atoms with Crippen molar-refractivity contribution in [1.29, 1.82) is 0 Å². The van der Waals surface area contributed by atoms with Gasteiger partial charge in [0.1, 0.15) is 6.04 Å². The molecule has 0 radical (unpaired) electrons. The molecule has 0 unspecified atom stereocenters. The summed E-state index contributed by atoms with van der Waals surface area (Å²) >= 11 is 0. The zero-order chi connectivity index (χ0) is 13.8. The second kappa shape index (κ2) is 5.69. The minimum absolute atomic E-state index is 0.256. The van der Waals surface area contributed by atoms with E-state index in [2.05, 4.69) is 5.10 Å². The van der Waals surface area contributed by atoms with Crippen molar-refractivity contribution in [3.63, 3.8) is 0 Å². The van der Waals surface area contributed by atoms with E-state index in [1.165, 1.54) is 11.0 Å². The van der Waals surface area contributed by atoms with E-state index in [9.17, 15) is 9.59 Å². The van der Waals surface area contributed by atoms with Gasteiger partial charge in [0.25, 0.3) is 0 Å². The number of aromatic nitrogens is 2. The summed E-state index contributed by atoms with van der Waals surface area (Å²) in [6.45, 7) is 0.505. The van der Waals surface area contributed by atoms with Gasteiger partial charge in [-0.3, -0.25) is 9.48 Å². The molecule has 6 heteroatoms. The smallest absolute Gasteiger partial charge is 0.326 e. The van der Waals surface area contributed by atoms with Crippen molar-refractivity contribution in [3.05, 3.63) is 24.0 Å². The highest BCUT2D eigenvalue weighted by Crippen LogP contribution is 2.17. The molecule has 19 heavy (non-hydrogen) atoms. The Balaban J connectivity index is 2.08. The number of piperidine rings is 1. The first kappa shape index (κ1) is 13.3. The van der Waals surface area contributed by atoms with Gasteiger partial charge < -0.3 is 10.0 Å². The fraction of sp³-hybridized carbons (Fsp3) is 0.462. The summed E-state index contributed by atoms with van der Waals surface area (Å²) in [6.07, 6.45) is 6.95. The van der Waals surface area contributed by atoms with Crippen LogP contribution in [0, 0.1) is 0 Å². The van der Waals surface area contributed by atoms with Gasteiger partial charge in [0.2, 0.25) is 5.91 Å². The highest BCUT2D eigenvalue weighted by Gasteiger charge is 2.30. The van der Waals surface area contributed by atoms with E-state index in [0.717, 1.165) is 18.5 Å². The Morgan fingerprint density at radius 2 is 2.26 bits per heavy atom. The number of likely N-dealkylation sites (tertiary alicyclic amines) is 1. The van der Waals surface area contributed by atoms with E-state index < -0.39 is 12.0 Å². The van der Waals surface area contributed by atoms with Gasteiger partial charge in [0, 0.05) is 25.9 Å². The number of aliphatic carboxylic acids is 1. The summed E-state index contributed by atoms with van der Waals surface area (Å²) in [5.74, 6) is -1.18. The summed E-state index contributed by atoms with van der Waals surface area (Å²) in [4.78, 5) is 24.6. The van der Waals surface area contributed by atoms with E-state index in [1.807, 2.05) is 0 Å². The maximum Gasteiger partial charge on any atom is 0.326 e. The molecule has 0 bridgehead atoms. The number of amides is 1. The quantitative estimate of drug-likeness (QED) is 0.822. The Morgan fingerprint density at radius 3 is 2.89 bits per heavy atom. The maximum atomic E-state index is 12.1. The van der Waals surface area contributed by atoms with Crippen LogP contribution >= 0.6 is 0 Å². The van der Waals surface area contributed by atoms with Crippen LogP contribution in [0.2, 0.25) is 0 Å². The lowest BCUT2D eigenvalue weighted by molar-refractivity contribution is -0.150. The lowest BCUT2D eigenvalue weighted by Gasteiger charge is -2.32. The summed E-state index contributed by atoms with van der Waals surface area (Å²) in [5, 5.41) is 13.1. The van der Waals surface area contributed by atoms with Gasteiger partial charge >= 0.3 is 5.97 Å². The SMILES string of the molecule is Cn1nccc1C=CC(=O)N1CCCC[C@@H]1C(=O)O. The largest absolute Gasteiger partial charge is 0.480 e. The number of aryl methyl sites for hydroxylation is 1. The molecular weight excluding hydrogens is 246 g/mol. The van der Waals surface area contributed by atoms with Gasteiger partial charge in [-0.25, -0.2) is 4.79 Å². The van der Waals surface area contributed by atoms with Gasteiger partial charge in [-0.05, 0) is 31.4 Å². The topological polar surface area (TPSA) is 75.4 Å². The molecule has 1 aliphatic heterocycles. The number of hydrogen-bond donors (Lipinski definition) is 1. The van der Waals surface area contributed by atoms with Crippen LogP contribution < -0.4 is 0 Å². The fourth-order valence-corrected chi connectivity index (χ4v) is 2.25. The molecule has 1 amide bonds. The molecular formula is C13H17N3O3. The van der Waals surface area contributed by atoms with Crippen molar-refractivity contribution >= 4 is 18.0 Å². The first-order valence-electron chi connectivity index (χ1n) is 6.29. The highest BCUT2D eigenvalue weighted by molar-refractivity contribution is 5.94. The Labute approximate surface area is 111 Å². The lowest BCUT2D eigenvalue weighted by atomic mass is 10.0. The van der Waals surface area contributed by atoms with Crippen molar-refractivity contribution in [1.82, 2.24) is 14.7 Å². The lowest BCUT2D eigenvalue weighted by Crippen LogP contribution is -2.47. The minimum Gasteiger partial charge on any atom is -0.480 e. The Kier molecular flexibility index (Phi) is 3.99. The molecule has 2 heterocycles. The molecule has 1 aliphatic rings. The standard InChI is InChI=1S/C13H17N3O3/c1-15-10(7-8-14-15)5-6-12(17)16-9-3-2-4-11(16)13(18)19/h5-8,11H,2-4,9H2,1H3,(H,18,19)/t11-/m1/s1. The maximum absolute atomic E-state index is 12.1. The van der Waals surface area contributed by atoms with Gasteiger partial charge in [-0.15, -0.1) is 0 Å². The Bertz CT molecular complexity index is 507. The number of carbonyl (C=O) groups excluding carboxylic acids is 1. The fourth-order valence-electron chi connectivity index (χ4n) is 2.25. The molecule has 1 fully saturated rings. The van der Waals surface area contributed by atoms with Crippen LogP contribution in [0.3, 0.4) is 0 Å². The summed E-state index contributed by atoms with van der Waals surface area (Å²) in [6, 6.07) is 1.09. The molecule has 6 nitrogen and oxygen atoms in total. The van der Waals surface area contributed by atoms with Gasteiger partial charge in [-0.1, -0.05) is 0 Å². The minimum atomic E-state index is -0.929. The molecule has 1 aromatic rings. The predicted molar refractivity (Wildman–Crippen MR) is 69.2 cm³/mol. The molecule has 1 aromatic heterocycles. The monoisotopic (exact) mass is 263 g/mol. The number of carbonyl (C=O) groups is 2. The number of carboxylic acid groups (broad SMARTS) is 1. The number of nitrogens with zero attached hydrogens (tertiary/aromatic N) is 3. The summed E-state index contributed by atoms with van der Waals surface area (Å²) in [7, 11) is 1.78. The highest BCUT2D eigenvalue weighted by atomic mass is 16.4. The van der Waals surface area contributed by atoms with Crippen LogP contribution in [-0.2, 0) is 16.6 Å². The van der Waals surface area contributed by atoms with Crippen LogP contribution in [0.15, 0.2) is 18.3 Å². The molecule has 1 atom stereocenters. The van der Waals surface area contributed by atoms with Crippen LogP contribution in [0.1, 0.15) is 25.0 Å². The van der Waals surface area contributed by atoms with E-state index in [1.54, 1.807) is 30.1 Å². The van der Waals surface area contributed by atoms with E-state index in [-0.39, 0.29) is 5.91 Å². The average Bonchev–Trinajstić information content (AvgIpc) is 2.81. The first-order valence-corrected chi connectivity index (χ1v) is 6.29. The van der Waals surface area contributed by atoms with Gasteiger partial charge in [0.15, 0.2) is 0 Å². The molecule has 1 N–H and O–H groups in total. The summed E-state index contributed by atoms with van der Waals surface area (Å²) in [5.41, 5.74) is 0.803. The molecule has 0 aliphatic carbocycles. The van der Waals surface area contributed by atoms with Gasteiger partial charge in [-0.2, -0.15) is 5.10 Å². The van der Waals surface area contributed by atoms with Crippen molar-refractivity contribution in [2.24, 2.45) is 7.05 Å². The Morgan fingerprint density at radius 1 is 1.47 bits per heavy atom. The zero-order valence-corrected chi connectivity index (χ0v) is 10.8. The normalized spacial score (nSPS) is 19.8. The predicted octanol–water partition coefficient (Wildman–Crippen LogP) is 0.899. The van der Waals surface area contributed by atoms with E-state index >= 15 is 0 Å². The van der Waals surface area contributed by atoms with E-state index in [0.29, 0.717) is 13.0 Å². The zero-order valence-electron chi connectivity index (χ0n) is 10.8. The van der Waals surface area contributed by atoms with Crippen LogP contribution in [0.5, 0.6) is 0 Å². The average molecular weight is 263 g/mol. The molecule has 0 aromatic carbocycles. The number of hydrogen-bond acceptors (Lipinski definition) is 3. The first-order chi connectivity index (χ1) is 9.09. The molecule has 2 rings (SSSR count). The van der Waals surface area contributed by atoms with Crippen molar-refractivity contribution in [2.45, 2.75) is 25.3 Å². The van der Waals surface area contributed by atoms with Crippen LogP contribution in [-0.4, -0.2) is 44.3 Å². The molecule has 0 spiro atoms. The third-order valence-corrected chi connectivity index (χ3v) is 3.33. The number of carboxylic acids is 1. The summed E-state index contributed by atoms with van der Waals surface area (Å²) < 4.78 is 1.65. The second-order valence-electron chi connectivity index (χ2n) is 4.59. The van der Waals surface area contributed by atoms with Gasteiger partial charge in [0.05, 0.1) is 5.69 Å². The Hall–Kier alpha value is -2.11. The molecule has 1 saturated heterocycles. The second-order valence-corrected chi connectivity index (χ2v) is 4.59. The third kappa shape index (κ3) is 3.01. The van der Waals surface area contributed by atoms with Crippen molar-refractivity contribution < 1.29 is 14.7 Å². The number of rotatable bonds is 3. The van der Waals surface area contributed by atoms with E-state index in [4.69, 9.17) is 5.11 Å². The van der Waals surface area contributed by atoms with Crippen molar-refractivity contribution in [2.75, 3.05) is 6.54 Å². The molecule has 0 saturated carbocycles.